The predicted octanol–water partition coefficient (Wildman–Crippen LogP) is 3.47. The molecule has 1 amide bonds. The van der Waals surface area contributed by atoms with Gasteiger partial charge in [-0.1, -0.05) is 23.8 Å². The van der Waals surface area contributed by atoms with Gasteiger partial charge in [-0.15, -0.1) is 11.3 Å². The van der Waals surface area contributed by atoms with Crippen molar-refractivity contribution in [2.75, 3.05) is 37.7 Å². The van der Waals surface area contributed by atoms with Crippen LogP contribution >= 0.6 is 11.3 Å². The quantitative estimate of drug-likeness (QED) is 0.605. The van der Waals surface area contributed by atoms with Crippen LogP contribution in [-0.4, -0.2) is 59.3 Å². The van der Waals surface area contributed by atoms with Gasteiger partial charge in [0, 0.05) is 26.2 Å². The summed E-state index contributed by atoms with van der Waals surface area (Å²) in [5.41, 5.74) is 3.33. The van der Waals surface area contributed by atoms with Crippen molar-refractivity contribution in [2.24, 2.45) is 0 Å². The summed E-state index contributed by atoms with van der Waals surface area (Å²) in [5.74, 6) is -0.808. The minimum atomic E-state index is -0.416. The molecule has 1 fully saturated rings. The van der Waals surface area contributed by atoms with Gasteiger partial charge in [0.2, 0.25) is 0 Å². The topological polar surface area (TPSA) is 56.8 Å². The zero-order valence-electron chi connectivity index (χ0n) is 17.2. The minimum absolute atomic E-state index is 0.267. The number of hydrogen-bond acceptors (Lipinski definition) is 6. The number of ketones is 1. The Balaban J connectivity index is 1.24. The normalized spacial score (nSPS) is 18.9. The molecule has 1 aromatic heterocycles. The Morgan fingerprint density at radius 2 is 1.83 bits per heavy atom. The molecule has 0 saturated carbocycles. The molecule has 1 unspecified atom stereocenters. The largest absolute Gasteiger partial charge is 0.300 e. The molecular weight excluding hydrogens is 396 g/mol. The Kier molecular flexibility index (Phi) is 4.89. The van der Waals surface area contributed by atoms with Crippen LogP contribution in [0.4, 0.5) is 5.69 Å². The number of fused-ring (bicyclic) bond motifs is 2. The second-order valence-electron chi connectivity index (χ2n) is 8.07. The molecule has 0 N–H and O–H groups in total. The number of Topliss-reactive ketones (excluding diaryl/α,β-unsaturated/α-hetero) is 1. The summed E-state index contributed by atoms with van der Waals surface area (Å²) in [4.78, 5) is 36.0. The Morgan fingerprint density at radius 1 is 1.07 bits per heavy atom. The molecule has 0 radical (unpaired) electrons. The molecule has 0 spiro atoms. The molecule has 2 aromatic carbocycles. The fourth-order valence-electron chi connectivity index (χ4n) is 4.27. The Hall–Kier alpha value is -2.61. The third-order valence-corrected chi connectivity index (χ3v) is 7.30. The molecule has 1 saturated heterocycles. The molecule has 1 atom stereocenters. The van der Waals surface area contributed by atoms with E-state index in [0.29, 0.717) is 12.2 Å². The zero-order valence-corrected chi connectivity index (χ0v) is 18.0. The molecule has 0 aliphatic carbocycles. The highest BCUT2D eigenvalue weighted by Gasteiger charge is 2.37. The number of carbonyl (C=O) groups excluding carboxylic acids is 2. The van der Waals surface area contributed by atoms with Crippen LogP contribution in [0.25, 0.3) is 10.2 Å². The lowest BCUT2D eigenvalue weighted by Gasteiger charge is -2.38. The number of aromatic nitrogens is 1. The summed E-state index contributed by atoms with van der Waals surface area (Å²) in [5, 5.41) is 1.15. The maximum atomic E-state index is 12.5. The van der Waals surface area contributed by atoms with Crippen molar-refractivity contribution in [1.82, 2.24) is 14.8 Å². The maximum Gasteiger partial charge on any atom is 0.300 e. The number of amides is 1. The first-order chi connectivity index (χ1) is 14.5. The van der Waals surface area contributed by atoms with Crippen molar-refractivity contribution < 1.29 is 9.59 Å². The van der Waals surface area contributed by atoms with E-state index in [9.17, 15) is 9.59 Å². The Labute approximate surface area is 179 Å². The number of rotatable bonds is 4. The second kappa shape index (κ2) is 7.58. The average molecular weight is 421 g/mol. The maximum absolute atomic E-state index is 12.5. The van der Waals surface area contributed by atoms with E-state index in [1.54, 1.807) is 16.2 Å². The van der Waals surface area contributed by atoms with E-state index in [2.05, 4.69) is 34.9 Å². The van der Waals surface area contributed by atoms with E-state index in [-0.39, 0.29) is 6.04 Å². The Morgan fingerprint density at radius 3 is 2.60 bits per heavy atom. The molecule has 2 aliphatic rings. The van der Waals surface area contributed by atoms with Crippen LogP contribution in [0.2, 0.25) is 0 Å². The van der Waals surface area contributed by atoms with Gasteiger partial charge in [-0.2, -0.15) is 0 Å². The van der Waals surface area contributed by atoms with Crippen LogP contribution in [0, 0.1) is 6.92 Å². The number of hydrogen-bond donors (Lipinski definition) is 0. The van der Waals surface area contributed by atoms with Crippen LogP contribution in [-0.2, 0) is 4.79 Å². The summed E-state index contributed by atoms with van der Waals surface area (Å²) in [7, 11) is 0. The summed E-state index contributed by atoms with van der Waals surface area (Å²) >= 11 is 1.76. The van der Waals surface area contributed by atoms with E-state index in [0.717, 1.165) is 48.0 Å². The van der Waals surface area contributed by atoms with Gasteiger partial charge >= 0.3 is 5.91 Å². The first-order valence-corrected chi connectivity index (χ1v) is 11.1. The molecule has 6 nitrogen and oxygen atoms in total. The van der Waals surface area contributed by atoms with E-state index < -0.39 is 11.7 Å². The molecule has 5 rings (SSSR count). The standard InChI is InChI=1S/C23H24N4O2S/c1-15-7-8-19-17(13-15)21(28)23(29)27(19)14-25-9-11-26(12-10-25)16(2)22-24-18-5-3-4-6-20(18)30-22/h3-8,13,16H,9-12,14H2,1-2H3. The monoisotopic (exact) mass is 420 g/mol. The number of nitrogens with zero attached hydrogens (tertiary/aromatic N) is 4. The van der Waals surface area contributed by atoms with Crippen molar-refractivity contribution in [3.8, 4) is 0 Å². The predicted molar refractivity (Wildman–Crippen MR) is 119 cm³/mol. The van der Waals surface area contributed by atoms with Crippen molar-refractivity contribution in [3.05, 3.63) is 58.6 Å². The number of benzene rings is 2. The van der Waals surface area contributed by atoms with Crippen molar-refractivity contribution >= 4 is 38.9 Å². The molecule has 154 valence electrons. The van der Waals surface area contributed by atoms with Crippen LogP contribution in [0.5, 0.6) is 0 Å². The highest BCUT2D eigenvalue weighted by atomic mass is 32.1. The highest BCUT2D eigenvalue weighted by Crippen LogP contribution is 2.32. The fourth-order valence-corrected chi connectivity index (χ4v) is 5.33. The summed E-state index contributed by atoms with van der Waals surface area (Å²) in [6.07, 6.45) is 0. The van der Waals surface area contributed by atoms with E-state index in [4.69, 9.17) is 4.98 Å². The molecular formula is C23H24N4O2S. The van der Waals surface area contributed by atoms with Gasteiger partial charge in [0.05, 0.1) is 34.2 Å². The Bertz CT molecular complexity index is 1100. The second-order valence-corrected chi connectivity index (χ2v) is 9.14. The van der Waals surface area contributed by atoms with Crippen LogP contribution < -0.4 is 4.90 Å². The van der Waals surface area contributed by atoms with Crippen LogP contribution in [0.3, 0.4) is 0 Å². The molecule has 7 heteroatoms. The van der Waals surface area contributed by atoms with Gasteiger partial charge in [-0.25, -0.2) is 4.98 Å². The summed E-state index contributed by atoms with van der Waals surface area (Å²) < 4.78 is 1.23. The number of carbonyl (C=O) groups is 2. The molecule has 0 bridgehead atoms. The molecule has 30 heavy (non-hydrogen) atoms. The number of para-hydroxylation sites is 1. The zero-order chi connectivity index (χ0) is 20.8. The number of piperazine rings is 1. The number of thiazole rings is 1. The first kappa shape index (κ1) is 19.4. The van der Waals surface area contributed by atoms with Crippen molar-refractivity contribution in [3.63, 3.8) is 0 Å². The van der Waals surface area contributed by atoms with Gasteiger partial charge in [-0.05, 0) is 38.1 Å². The smallest absolute Gasteiger partial charge is 0.292 e. The lowest BCUT2D eigenvalue weighted by Crippen LogP contribution is -2.51. The van der Waals surface area contributed by atoms with E-state index in [1.807, 2.05) is 31.2 Å². The minimum Gasteiger partial charge on any atom is -0.292 e. The highest BCUT2D eigenvalue weighted by molar-refractivity contribution is 7.18. The third-order valence-electron chi connectivity index (χ3n) is 6.09. The van der Waals surface area contributed by atoms with Gasteiger partial charge < -0.3 is 0 Å². The lowest BCUT2D eigenvalue weighted by molar-refractivity contribution is -0.114. The molecule has 2 aliphatic heterocycles. The van der Waals surface area contributed by atoms with Gasteiger partial charge in [0.15, 0.2) is 0 Å². The van der Waals surface area contributed by atoms with Gasteiger partial charge in [0.25, 0.3) is 5.78 Å². The lowest BCUT2D eigenvalue weighted by atomic mass is 10.1. The third kappa shape index (κ3) is 3.33. The van der Waals surface area contributed by atoms with Crippen molar-refractivity contribution in [1.29, 1.82) is 0 Å². The van der Waals surface area contributed by atoms with Crippen molar-refractivity contribution in [2.45, 2.75) is 19.9 Å². The van der Waals surface area contributed by atoms with E-state index in [1.165, 1.54) is 4.70 Å². The summed E-state index contributed by atoms with van der Waals surface area (Å²) in [6.45, 7) is 8.15. The number of aryl methyl sites for hydroxylation is 1. The average Bonchev–Trinajstić information content (AvgIpc) is 3.29. The summed E-state index contributed by atoms with van der Waals surface area (Å²) in [6, 6.07) is 14.2. The van der Waals surface area contributed by atoms with E-state index >= 15 is 0 Å². The SMILES string of the molecule is Cc1ccc2c(c1)C(=O)C(=O)N2CN1CCN(C(C)c2nc3ccccc3s2)CC1. The van der Waals surface area contributed by atoms with Gasteiger partial charge in [0.1, 0.15) is 5.01 Å². The van der Waals surface area contributed by atoms with Crippen LogP contribution in [0.1, 0.15) is 33.9 Å². The fraction of sp³-hybridized carbons (Fsp3) is 0.348. The number of anilines is 1. The van der Waals surface area contributed by atoms with Gasteiger partial charge in [-0.3, -0.25) is 24.3 Å². The molecule has 3 heterocycles. The first-order valence-electron chi connectivity index (χ1n) is 10.3. The van der Waals surface area contributed by atoms with Crippen LogP contribution in [0.15, 0.2) is 42.5 Å². The molecule has 3 aromatic rings.